The van der Waals surface area contributed by atoms with Crippen LogP contribution in [0.3, 0.4) is 0 Å². The van der Waals surface area contributed by atoms with E-state index in [4.69, 9.17) is 20.6 Å². The molecule has 0 radical (unpaired) electrons. The van der Waals surface area contributed by atoms with Gasteiger partial charge in [-0.3, -0.25) is 5.41 Å². The van der Waals surface area contributed by atoms with Gasteiger partial charge in [0.25, 0.3) is 0 Å². The van der Waals surface area contributed by atoms with E-state index in [9.17, 15) is 13.2 Å². The number of hydrogen-bond donors (Lipinski definition) is 2. The maximum absolute atomic E-state index is 12.6. The highest BCUT2D eigenvalue weighted by atomic mass is 19.4. The normalized spacial score (nSPS) is 19.1. The predicted molar refractivity (Wildman–Crippen MR) is 64.7 cm³/mol. The van der Waals surface area contributed by atoms with Crippen molar-refractivity contribution in [2.75, 3.05) is 13.2 Å². The van der Waals surface area contributed by atoms with Crippen LogP contribution >= 0.6 is 0 Å². The van der Waals surface area contributed by atoms with Crippen molar-refractivity contribution < 1.29 is 22.6 Å². The third-order valence-electron chi connectivity index (χ3n) is 2.87. The number of amidine groups is 1. The minimum absolute atomic E-state index is 0.0380. The lowest BCUT2D eigenvalue weighted by atomic mass is 10.2. The summed E-state index contributed by atoms with van der Waals surface area (Å²) in [6.45, 7) is 0.707. The predicted octanol–water partition coefficient (Wildman–Crippen LogP) is 1.94. The Hall–Kier alpha value is -1.83. The first-order valence-corrected chi connectivity index (χ1v) is 6.05. The molecule has 1 fully saturated rings. The molecule has 1 atom stereocenters. The van der Waals surface area contributed by atoms with Crippen molar-refractivity contribution >= 4 is 5.84 Å². The molecular formula is C12H14F3N3O2. The first-order chi connectivity index (χ1) is 9.38. The highest BCUT2D eigenvalue weighted by Gasteiger charge is 2.33. The number of aromatic nitrogens is 1. The summed E-state index contributed by atoms with van der Waals surface area (Å²) >= 11 is 0. The van der Waals surface area contributed by atoms with Crippen LogP contribution in [0, 0.1) is 5.41 Å². The van der Waals surface area contributed by atoms with Crippen molar-refractivity contribution in [3.8, 4) is 5.88 Å². The van der Waals surface area contributed by atoms with E-state index in [1.54, 1.807) is 0 Å². The molecule has 5 nitrogen and oxygen atoms in total. The summed E-state index contributed by atoms with van der Waals surface area (Å²) in [5, 5.41) is 7.34. The molecule has 3 N–H and O–H groups in total. The molecule has 2 rings (SSSR count). The Morgan fingerprint density at radius 1 is 1.50 bits per heavy atom. The van der Waals surface area contributed by atoms with Crippen molar-refractivity contribution in [3.05, 3.63) is 23.4 Å². The lowest BCUT2D eigenvalue weighted by molar-refractivity contribution is -0.141. The Balaban J connectivity index is 2.20. The van der Waals surface area contributed by atoms with Gasteiger partial charge in [0.2, 0.25) is 5.88 Å². The number of nitrogen functional groups attached to an aromatic ring is 1. The summed E-state index contributed by atoms with van der Waals surface area (Å²) in [5.41, 5.74) is 4.27. The Labute approximate surface area is 113 Å². The quantitative estimate of drug-likeness (QED) is 0.655. The Bertz CT molecular complexity index is 499. The van der Waals surface area contributed by atoms with Gasteiger partial charge in [-0.25, -0.2) is 4.98 Å². The van der Waals surface area contributed by atoms with E-state index in [1.807, 2.05) is 0 Å². The molecule has 0 aliphatic carbocycles. The van der Waals surface area contributed by atoms with Gasteiger partial charge in [0.05, 0.1) is 11.7 Å². The Morgan fingerprint density at radius 2 is 2.25 bits per heavy atom. The molecule has 0 saturated carbocycles. The number of ether oxygens (including phenoxy) is 2. The van der Waals surface area contributed by atoms with Gasteiger partial charge >= 0.3 is 6.18 Å². The van der Waals surface area contributed by atoms with Crippen molar-refractivity contribution in [2.45, 2.75) is 25.1 Å². The standard InChI is InChI=1S/C12H14F3N3O2/c13-12(14,15)9-4-3-8(10(16)17)11(18-9)20-6-7-2-1-5-19-7/h3-4,7H,1-2,5-6H2,(H3,16,17). The van der Waals surface area contributed by atoms with Gasteiger partial charge in [-0.1, -0.05) is 0 Å². The summed E-state index contributed by atoms with van der Waals surface area (Å²) in [4.78, 5) is 3.40. The average molecular weight is 289 g/mol. The largest absolute Gasteiger partial charge is 0.474 e. The molecule has 8 heteroatoms. The van der Waals surface area contributed by atoms with Crippen LogP contribution in [0.5, 0.6) is 5.88 Å². The average Bonchev–Trinajstić information content (AvgIpc) is 2.87. The summed E-state index contributed by atoms with van der Waals surface area (Å²) in [6, 6.07) is 1.86. The molecule has 0 aromatic carbocycles. The van der Waals surface area contributed by atoms with Crippen molar-refractivity contribution in [2.24, 2.45) is 5.73 Å². The number of pyridine rings is 1. The third-order valence-corrected chi connectivity index (χ3v) is 2.87. The minimum atomic E-state index is -4.57. The smallest absolute Gasteiger partial charge is 0.433 e. The van der Waals surface area contributed by atoms with Gasteiger partial charge in [-0.05, 0) is 25.0 Å². The maximum Gasteiger partial charge on any atom is 0.433 e. The SMILES string of the molecule is N=C(N)c1ccc(C(F)(F)F)nc1OCC1CCCO1. The van der Waals surface area contributed by atoms with Gasteiger partial charge in [0.15, 0.2) is 0 Å². The zero-order valence-electron chi connectivity index (χ0n) is 10.5. The number of rotatable bonds is 4. The molecule has 110 valence electrons. The first kappa shape index (κ1) is 14.6. The second-order valence-corrected chi connectivity index (χ2v) is 4.41. The van der Waals surface area contributed by atoms with Gasteiger partial charge in [-0.2, -0.15) is 13.2 Å². The molecule has 1 aliphatic heterocycles. The third kappa shape index (κ3) is 3.38. The van der Waals surface area contributed by atoms with E-state index in [0.717, 1.165) is 25.0 Å². The van der Waals surface area contributed by atoms with Crippen LogP contribution in [0.4, 0.5) is 13.2 Å². The second kappa shape index (κ2) is 5.66. The first-order valence-electron chi connectivity index (χ1n) is 6.05. The maximum atomic E-state index is 12.6. The molecule has 1 aromatic rings. The second-order valence-electron chi connectivity index (χ2n) is 4.41. The van der Waals surface area contributed by atoms with Crippen LogP contribution in [0.25, 0.3) is 0 Å². The van der Waals surface area contributed by atoms with Gasteiger partial charge in [0.1, 0.15) is 18.1 Å². The highest BCUT2D eigenvalue weighted by molar-refractivity contribution is 5.97. The van der Waals surface area contributed by atoms with Crippen LogP contribution in [-0.2, 0) is 10.9 Å². The molecule has 1 unspecified atom stereocenters. The fraction of sp³-hybridized carbons (Fsp3) is 0.500. The van der Waals surface area contributed by atoms with Crippen molar-refractivity contribution in [1.82, 2.24) is 4.98 Å². The Kier molecular flexibility index (Phi) is 4.12. The van der Waals surface area contributed by atoms with Crippen LogP contribution in [0.1, 0.15) is 24.1 Å². The van der Waals surface area contributed by atoms with Gasteiger partial charge in [-0.15, -0.1) is 0 Å². The van der Waals surface area contributed by atoms with Crippen molar-refractivity contribution in [1.29, 1.82) is 5.41 Å². The van der Waals surface area contributed by atoms with Gasteiger partial charge in [0, 0.05) is 6.61 Å². The number of nitrogens with zero attached hydrogens (tertiary/aromatic N) is 1. The van der Waals surface area contributed by atoms with Crippen LogP contribution in [-0.4, -0.2) is 30.1 Å². The molecule has 2 heterocycles. The molecule has 1 saturated heterocycles. The number of hydrogen-bond acceptors (Lipinski definition) is 4. The van der Waals surface area contributed by atoms with Crippen LogP contribution in [0.2, 0.25) is 0 Å². The molecule has 0 bridgehead atoms. The number of nitrogens with one attached hydrogen (secondary N) is 1. The fourth-order valence-electron chi connectivity index (χ4n) is 1.86. The summed E-state index contributed by atoms with van der Waals surface area (Å²) in [7, 11) is 0. The zero-order chi connectivity index (χ0) is 14.8. The summed E-state index contributed by atoms with van der Waals surface area (Å²) in [5.74, 6) is -0.684. The molecule has 0 spiro atoms. The molecule has 1 aliphatic rings. The minimum Gasteiger partial charge on any atom is -0.474 e. The topological polar surface area (TPSA) is 81.2 Å². The van der Waals surface area contributed by atoms with Crippen LogP contribution < -0.4 is 10.5 Å². The van der Waals surface area contributed by atoms with E-state index in [0.29, 0.717) is 6.61 Å². The van der Waals surface area contributed by atoms with E-state index in [2.05, 4.69) is 4.98 Å². The molecular weight excluding hydrogens is 275 g/mol. The number of alkyl halides is 3. The number of nitrogens with two attached hydrogens (primary N) is 1. The van der Waals surface area contributed by atoms with E-state index in [1.165, 1.54) is 0 Å². The number of halogens is 3. The summed E-state index contributed by atoms with van der Waals surface area (Å²) < 4.78 is 48.4. The monoisotopic (exact) mass is 289 g/mol. The van der Waals surface area contributed by atoms with Gasteiger partial charge < -0.3 is 15.2 Å². The molecule has 0 amide bonds. The fourth-order valence-corrected chi connectivity index (χ4v) is 1.86. The van der Waals surface area contributed by atoms with E-state index >= 15 is 0 Å². The lowest BCUT2D eigenvalue weighted by Gasteiger charge is -2.15. The molecule has 1 aromatic heterocycles. The molecule has 20 heavy (non-hydrogen) atoms. The Morgan fingerprint density at radius 3 is 2.80 bits per heavy atom. The van der Waals surface area contributed by atoms with E-state index < -0.39 is 17.7 Å². The summed E-state index contributed by atoms with van der Waals surface area (Å²) in [6.07, 6.45) is -3.05. The lowest BCUT2D eigenvalue weighted by Crippen LogP contribution is -2.21. The van der Waals surface area contributed by atoms with Crippen molar-refractivity contribution in [3.63, 3.8) is 0 Å². The highest BCUT2D eigenvalue weighted by Crippen LogP contribution is 2.30. The zero-order valence-corrected chi connectivity index (χ0v) is 10.5. The van der Waals surface area contributed by atoms with E-state index in [-0.39, 0.29) is 24.2 Å². The van der Waals surface area contributed by atoms with Crippen LogP contribution in [0.15, 0.2) is 12.1 Å².